The highest BCUT2D eigenvalue weighted by atomic mass is 16.5. The molecular formula is C22H19N3O. The van der Waals surface area contributed by atoms with Gasteiger partial charge in [-0.2, -0.15) is 5.10 Å². The Morgan fingerprint density at radius 2 is 1.46 bits per heavy atom. The lowest BCUT2D eigenvalue weighted by Gasteiger charge is -2.08. The number of ether oxygens (including phenoxy) is 1. The smallest absolute Gasteiger partial charge is 0.118 e. The number of rotatable bonds is 4. The Morgan fingerprint density at radius 3 is 2.12 bits per heavy atom. The molecule has 26 heavy (non-hydrogen) atoms. The number of hydrogen-bond donors (Lipinski definition) is 0. The summed E-state index contributed by atoms with van der Waals surface area (Å²) >= 11 is 0. The summed E-state index contributed by atoms with van der Waals surface area (Å²) < 4.78 is 7.23. The van der Waals surface area contributed by atoms with Crippen LogP contribution in [0.4, 0.5) is 0 Å². The van der Waals surface area contributed by atoms with E-state index in [-0.39, 0.29) is 0 Å². The van der Waals surface area contributed by atoms with Crippen LogP contribution in [0, 0.1) is 0 Å². The van der Waals surface area contributed by atoms with Gasteiger partial charge in [0.15, 0.2) is 0 Å². The molecule has 0 fully saturated rings. The average molecular weight is 341 g/mol. The van der Waals surface area contributed by atoms with E-state index in [0.29, 0.717) is 0 Å². The van der Waals surface area contributed by atoms with Crippen LogP contribution in [0.1, 0.15) is 0 Å². The third-order valence-electron chi connectivity index (χ3n) is 4.43. The molecule has 128 valence electrons. The summed E-state index contributed by atoms with van der Waals surface area (Å²) in [4.78, 5) is 4.16. The van der Waals surface area contributed by atoms with Crippen molar-refractivity contribution in [2.75, 3.05) is 7.11 Å². The molecule has 0 radical (unpaired) electrons. The lowest BCUT2D eigenvalue weighted by atomic mass is 9.96. The van der Waals surface area contributed by atoms with E-state index >= 15 is 0 Å². The van der Waals surface area contributed by atoms with E-state index in [0.717, 1.165) is 39.4 Å². The summed E-state index contributed by atoms with van der Waals surface area (Å²) in [6, 6.07) is 22.4. The van der Waals surface area contributed by atoms with Crippen LogP contribution in [0.5, 0.6) is 5.75 Å². The summed E-state index contributed by atoms with van der Waals surface area (Å²) in [7, 11) is 3.66. The molecular weight excluding hydrogens is 322 g/mol. The van der Waals surface area contributed by atoms with E-state index in [9.17, 15) is 0 Å². The van der Waals surface area contributed by atoms with Crippen molar-refractivity contribution in [2.45, 2.75) is 0 Å². The predicted octanol–water partition coefficient (Wildman–Crippen LogP) is 4.82. The Hall–Kier alpha value is -3.40. The van der Waals surface area contributed by atoms with Gasteiger partial charge in [0.2, 0.25) is 0 Å². The SMILES string of the molecule is COc1ccc(-c2nn(C)c(-c3ccccc3)c2-c2ccncc2)cc1. The summed E-state index contributed by atoms with van der Waals surface area (Å²) in [5.41, 5.74) is 6.41. The highest BCUT2D eigenvalue weighted by Crippen LogP contribution is 2.39. The quantitative estimate of drug-likeness (QED) is 0.534. The molecule has 0 unspecified atom stereocenters. The number of benzene rings is 2. The minimum atomic E-state index is 0.832. The van der Waals surface area contributed by atoms with E-state index in [1.807, 2.05) is 78.7 Å². The first kappa shape index (κ1) is 16.1. The third-order valence-corrected chi connectivity index (χ3v) is 4.43. The summed E-state index contributed by atoms with van der Waals surface area (Å²) in [5.74, 6) is 0.832. The van der Waals surface area contributed by atoms with Crippen molar-refractivity contribution in [3.05, 3.63) is 79.1 Å². The van der Waals surface area contributed by atoms with Crippen molar-refractivity contribution >= 4 is 0 Å². The molecule has 0 saturated carbocycles. The molecule has 4 aromatic rings. The van der Waals surface area contributed by atoms with Gasteiger partial charge in [0.25, 0.3) is 0 Å². The maximum atomic E-state index is 5.28. The van der Waals surface area contributed by atoms with Gasteiger partial charge in [-0.25, -0.2) is 0 Å². The Bertz CT molecular complexity index is 1010. The normalized spacial score (nSPS) is 10.7. The number of hydrogen-bond acceptors (Lipinski definition) is 3. The highest BCUT2D eigenvalue weighted by Gasteiger charge is 2.20. The molecule has 0 amide bonds. The van der Waals surface area contributed by atoms with Crippen molar-refractivity contribution in [1.82, 2.24) is 14.8 Å². The fraction of sp³-hybridized carbons (Fsp3) is 0.0909. The van der Waals surface area contributed by atoms with E-state index in [1.165, 1.54) is 0 Å². The Labute approximate surface area is 152 Å². The zero-order valence-electron chi connectivity index (χ0n) is 14.8. The Morgan fingerprint density at radius 1 is 0.769 bits per heavy atom. The van der Waals surface area contributed by atoms with Gasteiger partial charge in [-0.05, 0) is 42.0 Å². The maximum Gasteiger partial charge on any atom is 0.118 e. The van der Waals surface area contributed by atoms with Crippen LogP contribution in [0.15, 0.2) is 79.1 Å². The number of nitrogens with zero attached hydrogens (tertiary/aromatic N) is 3. The molecule has 4 heteroatoms. The number of methoxy groups -OCH3 is 1. The highest BCUT2D eigenvalue weighted by molar-refractivity contribution is 5.91. The van der Waals surface area contributed by atoms with Crippen molar-refractivity contribution in [3.8, 4) is 39.4 Å². The molecule has 0 aliphatic rings. The standard InChI is InChI=1S/C22H19N3O/c1-25-22(18-6-4-3-5-7-18)20(16-12-14-23-15-13-16)21(24-25)17-8-10-19(26-2)11-9-17/h3-15H,1-2H3. The molecule has 2 aromatic heterocycles. The first-order chi connectivity index (χ1) is 12.8. The van der Waals surface area contributed by atoms with Crippen LogP contribution >= 0.6 is 0 Å². The fourth-order valence-electron chi connectivity index (χ4n) is 3.19. The van der Waals surface area contributed by atoms with Crippen molar-refractivity contribution in [2.24, 2.45) is 7.05 Å². The van der Waals surface area contributed by atoms with Crippen molar-refractivity contribution in [3.63, 3.8) is 0 Å². The van der Waals surface area contributed by atoms with Gasteiger partial charge >= 0.3 is 0 Å². The van der Waals surface area contributed by atoms with Gasteiger partial charge in [-0.1, -0.05) is 30.3 Å². The monoisotopic (exact) mass is 341 g/mol. The topological polar surface area (TPSA) is 39.9 Å². The van der Waals surface area contributed by atoms with Gasteiger partial charge in [-0.15, -0.1) is 0 Å². The second-order valence-corrected chi connectivity index (χ2v) is 6.03. The van der Waals surface area contributed by atoms with Gasteiger partial charge in [0, 0.05) is 36.1 Å². The lowest BCUT2D eigenvalue weighted by molar-refractivity contribution is 0.415. The molecule has 0 aliphatic heterocycles. The van der Waals surface area contributed by atoms with Crippen LogP contribution in [-0.4, -0.2) is 21.9 Å². The molecule has 0 spiro atoms. The van der Waals surface area contributed by atoms with E-state index < -0.39 is 0 Å². The first-order valence-electron chi connectivity index (χ1n) is 8.45. The van der Waals surface area contributed by atoms with Crippen molar-refractivity contribution < 1.29 is 4.74 Å². The van der Waals surface area contributed by atoms with Crippen LogP contribution in [0.3, 0.4) is 0 Å². The van der Waals surface area contributed by atoms with Crippen molar-refractivity contribution in [1.29, 1.82) is 0 Å². The number of pyridine rings is 1. The summed E-state index contributed by atoms with van der Waals surface area (Å²) in [6.45, 7) is 0. The molecule has 0 saturated heterocycles. The van der Waals surface area contributed by atoms with E-state index in [2.05, 4.69) is 17.1 Å². The van der Waals surface area contributed by atoms with E-state index in [4.69, 9.17) is 9.84 Å². The van der Waals surface area contributed by atoms with Gasteiger partial charge in [0.1, 0.15) is 11.4 Å². The molecule has 0 bridgehead atoms. The van der Waals surface area contributed by atoms with E-state index in [1.54, 1.807) is 7.11 Å². The van der Waals surface area contributed by atoms with Gasteiger partial charge < -0.3 is 4.74 Å². The largest absolute Gasteiger partial charge is 0.497 e. The van der Waals surface area contributed by atoms with Crippen LogP contribution in [0.25, 0.3) is 33.6 Å². The maximum absolute atomic E-state index is 5.28. The first-order valence-corrected chi connectivity index (χ1v) is 8.45. The van der Waals surface area contributed by atoms with Crippen LogP contribution in [-0.2, 0) is 7.05 Å². The third kappa shape index (κ3) is 2.86. The van der Waals surface area contributed by atoms with Gasteiger partial charge in [0.05, 0.1) is 12.8 Å². The minimum absolute atomic E-state index is 0.832. The van der Waals surface area contributed by atoms with Gasteiger partial charge in [-0.3, -0.25) is 9.67 Å². The Kier molecular flexibility index (Phi) is 4.23. The molecule has 2 heterocycles. The zero-order valence-corrected chi connectivity index (χ0v) is 14.8. The molecule has 4 nitrogen and oxygen atoms in total. The minimum Gasteiger partial charge on any atom is -0.497 e. The number of aryl methyl sites for hydroxylation is 1. The average Bonchev–Trinajstić information content (AvgIpc) is 3.06. The molecule has 0 aliphatic carbocycles. The lowest BCUT2D eigenvalue weighted by Crippen LogP contribution is -1.94. The Balaban J connectivity index is 1.97. The summed E-state index contributed by atoms with van der Waals surface area (Å²) in [5, 5.41) is 4.84. The van der Waals surface area contributed by atoms with Crippen LogP contribution < -0.4 is 4.74 Å². The van der Waals surface area contributed by atoms with Crippen LogP contribution in [0.2, 0.25) is 0 Å². The second kappa shape index (κ2) is 6.84. The second-order valence-electron chi connectivity index (χ2n) is 6.03. The molecule has 4 rings (SSSR count). The summed E-state index contributed by atoms with van der Waals surface area (Å²) in [6.07, 6.45) is 3.63. The molecule has 2 aromatic carbocycles. The zero-order chi connectivity index (χ0) is 17.9. The fourth-order valence-corrected chi connectivity index (χ4v) is 3.19. The molecule has 0 atom stereocenters. The molecule has 0 N–H and O–H groups in total. The predicted molar refractivity (Wildman–Crippen MR) is 104 cm³/mol. The number of aromatic nitrogens is 3.